The van der Waals surface area contributed by atoms with E-state index >= 15 is 0 Å². The molecule has 82 valence electrons. The lowest BCUT2D eigenvalue weighted by atomic mass is 10.2. The largest absolute Gasteiger partial charge is 0.480 e. The van der Waals surface area contributed by atoms with Crippen LogP contribution in [0.15, 0.2) is 0 Å². The number of hydrogen-bond acceptors (Lipinski definition) is 4. The van der Waals surface area contributed by atoms with Crippen molar-refractivity contribution in [1.29, 1.82) is 0 Å². The third kappa shape index (κ3) is 2.64. The van der Waals surface area contributed by atoms with Gasteiger partial charge in [0.25, 0.3) is 0 Å². The van der Waals surface area contributed by atoms with Crippen LogP contribution in [0, 0.1) is 12.3 Å². The van der Waals surface area contributed by atoms with Gasteiger partial charge in [0.05, 0.1) is 11.9 Å². The maximum Gasteiger partial charge on any atom is 0.327 e. The summed E-state index contributed by atoms with van der Waals surface area (Å²) < 4.78 is 0. The van der Waals surface area contributed by atoms with Gasteiger partial charge in [-0.2, -0.15) is 0 Å². The molecule has 1 aliphatic heterocycles. The van der Waals surface area contributed by atoms with Crippen LogP contribution in [-0.4, -0.2) is 45.6 Å². The molecule has 0 spiro atoms. The topological polar surface area (TPSA) is 83.6 Å². The molecular formula is C9H12N2O3S. The molecule has 1 aliphatic rings. The Morgan fingerprint density at radius 3 is 2.93 bits per heavy atom. The Kier molecular flexibility index (Phi) is 4.00. The Morgan fingerprint density at radius 2 is 2.40 bits per heavy atom. The van der Waals surface area contributed by atoms with E-state index in [-0.39, 0.29) is 12.3 Å². The number of nitrogens with zero attached hydrogens (tertiary/aromatic N) is 1. The first kappa shape index (κ1) is 11.9. The number of carboxylic acids is 1. The molecule has 0 aromatic heterocycles. The number of rotatable bonds is 3. The van der Waals surface area contributed by atoms with E-state index in [9.17, 15) is 9.59 Å². The van der Waals surface area contributed by atoms with Gasteiger partial charge in [0.2, 0.25) is 5.91 Å². The molecule has 1 unspecified atom stereocenters. The second kappa shape index (κ2) is 5.05. The number of amides is 1. The van der Waals surface area contributed by atoms with Gasteiger partial charge in [-0.05, 0) is 0 Å². The summed E-state index contributed by atoms with van der Waals surface area (Å²) in [7, 11) is 0. The first-order valence-corrected chi connectivity index (χ1v) is 5.53. The van der Waals surface area contributed by atoms with Gasteiger partial charge < -0.3 is 15.7 Å². The Labute approximate surface area is 92.0 Å². The second-order valence-electron chi connectivity index (χ2n) is 3.18. The smallest absolute Gasteiger partial charge is 0.327 e. The maximum atomic E-state index is 11.7. The van der Waals surface area contributed by atoms with E-state index in [1.54, 1.807) is 0 Å². The molecule has 0 bridgehead atoms. The van der Waals surface area contributed by atoms with E-state index in [0.29, 0.717) is 11.6 Å². The molecule has 0 saturated carbocycles. The molecule has 0 aliphatic carbocycles. The first-order valence-electron chi connectivity index (χ1n) is 4.38. The van der Waals surface area contributed by atoms with Crippen LogP contribution in [0.1, 0.15) is 6.42 Å². The number of aliphatic carboxylic acids is 1. The molecule has 0 aromatic carbocycles. The van der Waals surface area contributed by atoms with Crippen molar-refractivity contribution in [3.05, 3.63) is 0 Å². The highest BCUT2D eigenvalue weighted by Crippen LogP contribution is 2.21. The minimum atomic E-state index is -0.999. The molecule has 0 radical (unpaired) electrons. The molecule has 15 heavy (non-hydrogen) atoms. The highest BCUT2D eigenvalue weighted by molar-refractivity contribution is 7.99. The van der Waals surface area contributed by atoms with Crippen LogP contribution in [-0.2, 0) is 9.59 Å². The zero-order chi connectivity index (χ0) is 11.4. The maximum absolute atomic E-state index is 11.7. The van der Waals surface area contributed by atoms with Gasteiger partial charge in [-0.25, -0.2) is 4.79 Å². The highest BCUT2D eigenvalue weighted by Gasteiger charge is 2.36. The molecule has 6 heteroatoms. The first-order chi connectivity index (χ1) is 7.07. The molecule has 1 saturated heterocycles. The fraction of sp³-hybridized carbons (Fsp3) is 0.556. The van der Waals surface area contributed by atoms with Crippen LogP contribution >= 0.6 is 11.8 Å². The SMILES string of the molecule is C#CCC(N)C(=O)N1CSC[C@H]1C(=O)O. The van der Waals surface area contributed by atoms with Crippen molar-refractivity contribution >= 4 is 23.6 Å². The van der Waals surface area contributed by atoms with Crippen LogP contribution in [0.4, 0.5) is 0 Å². The Hall–Kier alpha value is -1.19. The normalized spacial score (nSPS) is 22.1. The van der Waals surface area contributed by atoms with Crippen LogP contribution in [0.3, 0.4) is 0 Å². The number of carboxylic acid groups (broad SMARTS) is 1. The monoisotopic (exact) mass is 228 g/mol. The number of hydrogen-bond donors (Lipinski definition) is 2. The third-order valence-corrected chi connectivity index (χ3v) is 3.12. The Balaban J connectivity index is 2.67. The lowest BCUT2D eigenvalue weighted by Gasteiger charge is -2.22. The standard InChI is InChI=1S/C9H12N2O3S/c1-2-3-6(10)8(12)11-5-15-4-7(11)9(13)14/h1,6-7H,3-5,10H2,(H,13,14)/t6?,7-/m0/s1. The fourth-order valence-electron chi connectivity index (χ4n) is 1.29. The summed E-state index contributed by atoms with van der Waals surface area (Å²) in [5.41, 5.74) is 5.53. The number of carbonyl (C=O) groups is 2. The van der Waals surface area contributed by atoms with Gasteiger partial charge in [-0.3, -0.25) is 4.79 Å². The van der Waals surface area contributed by atoms with Crippen LogP contribution < -0.4 is 5.73 Å². The molecule has 1 amide bonds. The van der Waals surface area contributed by atoms with Crippen molar-refractivity contribution in [2.45, 2.75) is 18.5 Å². The summed E-state index contributed by atoms with van der Waals surface area (Å²) in [5, 5.41) is 8.86. The number of terminal acetylenes is 1. The van der Waals surface area contributed by atoms with Crippen LogP contribution in [0.5, 0.6) is 0 Å². The highest BCUT2D eigenvalue weighted by atomic mass is 32.2. The summed E-state index contributed by atoms with van der Waals surface area (Å²) in [6.45, 7) is 0. The molecule has 2 atom stereocenters. The molecule has 3 N–H and O–H groups in total. The Morgan fingerprint density at radius 1 is 1.73 bits per heavy atom. The fourth-order valence-corrected chi connectivity index (χ4v) is 2.45. The number of carbonyl (C=O) groups excluding carboxylic acids is 1. The van der Waals surface area contributed by atoms with E-state index < -0.39 is 18.1 Å². The average Bonchev–Trinajstić information content (AvgIpc) is 2.65. The molecule has 5 nitrogen and oxygen atoms in total. The van der Waals surface area contributed by atoms with Gasteiger partial charge in [-0.15, -0.1) is 24.1 Å². The van der Waals surface area contributed by atoms with Gasteiger partial charge in [-0.1, -0.05) is 0 Å². The van der Waals surface area contributed by atoms with Crippen molar-refractivity contribution in [3.63, 3.8) is 0 Å². The van der Waals surface area contributed by atoms with Crippen LogP contribution in [0.25, 0.3) is 0 Å². The van der Waals surface area contributed by atoms with Gasteiger partial charge in [0, 0.05) is 12.2 Å². The van der Waals surface area contributed by atoms with E-state index in [4.69, 9.17) is 17.3 Å². The average molecular weight is 228 g/mol. The van der Waals surface area contributed by atoms with Gasteiger partial charge in [0.15, 0.2) is 0 Å². The number of thioether (sulfide) groups is 1. The van der Waals surface area contributed by atoms with Crippen molar-refractivity contribution < 1.29 is 14.7 Å². The van der Waals surface area contributed by atoms with E-state index in [1.807, 2.05) is 0 Å². The van der Waals surface area contributed by atoms with Crippen molar-refractivity contribution in [2.24, 2.45) is 5.73 Å². The van der Waals surface area contributed by atoms with E-state index in [2.05, 4.69) is 5.92 Å². The zero-order valence-electron chi connectivity index (χ0n) is 8.05. The summed E-state index contributed by atoms with van der Waals surface area (Å²) in [6, 6.07) is -1.57. The molecule has 1 heterocycles. The minimum Gasteiger partial charge on any atom is -0.480 e. The van der Waals surface area contributed by atoms with E-state index in [0.717, 1.165) is 0 Å². The predicted octanol–water partition coefficient (Wildman–Crippen LogP) is -0.677. The van der Waals surface area contributed by atoms with Gasteiger partial charge >= 0.3 is 5.97 Å². The summed E-state index contributed by atoms with van der Waals surface area (Å²) in [6.07, 6.45) is 5.17. The minimum absolute atomic E-state index is 0.131. The Bertz CT molecular complexity index is 313. The van der Waals surface area contributed by atoms with Gasteiger partial charge in [0.1, 0.15) is 6.04 Å². The predicted molar refractivity (Wildman–Crippen MR) is 57.0 cm³/mol. The van der Waals surface area contributed by atoms with E-state index in [1.165, 1.54) is 16.7 Å². The summed E-state index contributed by atoms with van der Waals surface area (Å²) in [5.74, 6) is 1.68. The molecule has 1 rings (SSSR count). The third-order valence-electron chi connectivity index (χ3n) is 2.11. The lowest BCUT2D eigenvalue weighted by Crippen LogP contribution is -2.49. The second-order valence-corrected chi connectivity index (χ2v) is 4.18. The molecular weight excluding hydrogens is 216 g/mol. The molecule has 0 aromatic rings. The number of nitrogens with two attached hydrogens (primary N) is 1. The quantitative estimate of drug-likeness (QED) is 0.625. The summed E-state index contributed by atoms with van der Waals surface area (Å²) >= 11 is 1.40. The van der Waals surface area contributed by atoms with Crippen LogP contribution in [0.2, 0.25) is 0 Å². The molecule has 1 fully saturated rings. The van der Waals surface area contributed by atoms with Crippen molar-refractivity contribution in [1.82, 2.24) is 4.90 Å². The van der Waals surface area contributed by atoms with Crippen molar-refractivity contribution in [2.75, 3.05) is 11.6 Å². The van der Waals surface area contributed by atoms with Crippen molar-refractivity contribution in [3.8, 4) is 12.3 Å². The summed E-state index contributed by atoms with van der Waals surface area (Å²) in [4.78, 5) is 23.8. The lowest BCUT2D eigenvalue weighted by molar-refractivity contribution is -0.148. The zero-order valence-corrected chi connectivity index (χ0v) is 8.87.